The number of carbonyl (C=O) groups excluding carboxylic acids is 1. The van der Waals surface area contributed by atoms with Crippen molar-refractivity contribution in [3.05, 3.63) is 66.5 Å². The van der Waals surface area contributed by atoms with Crippen molar-refractivity contribution < 1.29 is 4.79 Å². The van der Waals surface area contributed by atoms with E-state index in [-0.39, 0.29) is 11.9 Å². The van der Waals surface area contributed by atoms with E-state index in [1.807, 2.05) is 29.3 Å². The standard InChI is InChI=1S/C20H21N5O/c1-15-12-23-19(16-6-3-2-4-7-16)25(15)17-8-5-11-24(14-17)20(26)18-13-21-9-10-22-18/h2-4,6-7,9-10,12-13,17H,5,8,11,14H2,1H3. The summed E-state index contributed by atoms with van der Waals surface area (Å²) in [5.74, 6) is 0.906. The Morgan fingerprint density at radius 2 is 1.96 bits per heavy atom. The number of nitrogens with zero attached hydrogens (tertiary/aromatic N) is 5. The Balaban J connectivity index is 1.61. The quantitative estimate of drug-likeness (QED) is 0.730. The van der Waals surface area contributed by atoms with E-state index >= 15 is 0 Å². The molecule has 0 aliphatic carbocycles. The molecule has 0 N–H and O–H groups in total. The number of rotatable bonds is 3. The Morgan fingerprint density at radius 3 is 2.73 bits per heavy atom. The van der Waals surface area contributed by atoms with E-state index in [2.05, 4.69) is 38.6 Å². The van der Waals surface area contributed by atoms with Crippen molar-refractivity contribution in [2.75, 3.05) is 13.1 Å². The molecule has 1 atom stereocenters. The molecule has 0 spiro atoms. The van der Waals surface area contributed by atoms with Crippen molar-refractivity contribution in [3.63, 3.8) is 0 Å². The van der Waals surface area contributed by atoms with Gasteiger partial charge in [-0.1, -0.05) is 30.3 Å². The summed E-state index contributed by atoms with van der Waals surface area (Å²) >= 11 is 0. The highest BCUT2D eigenvalue weighted by atomic mass is 16.2. The summed E-state index contributed by atoms with van der Waals surface area (Å²) in [6.07, 6.45) is 8.57. The largest absolute Gasteiger partial charge is 0.335 e. The summed E-state index contributed by atoms with van der Waals surface area (Å²) in [7, 11) is 0. The Bertz CT molecular complexity index is 891. The summed E-state index contributed by atoms with van der Waals surface area (Å²) in [6.45, 7) is 3.48. The van der Waals surface area contributed by atoms with Gasteiger partial charge in [0, 0.05) is 42.9 Å². The zero-order valence-electron chi connectivity index (χ0n) is 14.7. The lowest BCUT2D eigenvalue weighted by Gasteiger charge is -2.34. The predicted molar refractivity (Wildman–Crippen MR) is 98.6 cm³/mol. The molecule has 26 heavy (non-hydrogen) atoms. The Labute approximate surface area is 152 Å². The predicted octanol–water partition coefficient (Wildman–Crippen LogP) is 3.13. The van der Waals surface area contributed by atoms with E-state index in [1.54, 1.807) is 12.4 Å². The molecule has 1 aliphatic heterocycles. The van der Waals surface area contributed by atoms with Crippen molar-refractivity contribution in [2.24, 2.45) is 0 Å². The van der Waals surface area contributed by atoms with Crippen LogP contribution >= 0.6 is 0 Å². The van der Waals surface area contributed by atoms with Gasteiger partial charge in [0.25, 0.3) is 5.91 Å². The van der Waals surface area contributed by atoms with Gasteiger partial charge in [-0.25, -0.2) is 9.97 Å². The zero-order valence-corrected chi connectivity index (χ0v) is 14.7. The molecule has 0 bridgehead atoms. The highest BCUT2D eigenvalue weighted by Crippen LogP contribution is 2.29. The van der Waals surface area contributed by atoms with E-state index in [0.717, 1.165) is 36.5 Å². The lowest BCUT2D eigenvalue weighted by atomic mass is 10.0. The zero-order chi connectivity index (χ0) is 17.9. The molecule has 6 heteroatoms. The number of hydrogen-bond acceptors (Lipinski definition) is 4. The van der Waals surface area contributed by atoms with Gasteiger partial charge < -0.3 is 9.47 Å². The van der Waals surface area contributed by atoms with Crippen molar-refractivity contribution in [2.45, 2.75) is 25.8 Å². The molecule has 3 aromatic rings. The molecular weight excluding hydrogens is 326 g/mol. The maximum absolute atomic E-state index is 12.8. The van der Waals surface area contributed by atoms with E-state index < -0.39 is 0 Å². The second-order valence-electron chi connectivity index (χ2n) is 6.60. The van der Waals surface area contributed by atoms with Crippen LogP contribution < -0.4 is 0 Å². The second kappa shape index (κ2) is 7.07. The molecule has 1 aromatic carbocycles. The molecule has 0 saturated carbocycles. The maximum atomic E-state index is 12.8. The normalized spacial score (nSPS) is 17.3. The number of carbonyl (C=O) groups is 1. The van der Waals surface area contributed by atoms with Crippen molar-refractivity contribution in [3.8, 4) is 11.4 Å². The van der Waals surface area contributed by atoms with E-state index in [9.17, 15) is 4.79 Å². The molecule has 132 valence electrons. The number of imidazole rings is 1. The van der Waals surface area contributed by atoms with Crippen LogP contribution in [0.5, 0.6) is 0 Å². The third kappa shape index (κ3) is 3.10. The lowest BCUT2D eigenvalue weighted by Crippen LogP contribution is -2.41. The number of likely N-dealkylation sites (tertiary alicyclic amines) is 1. The third-order valence-electron chi connectivity index (χ3n) is 4.85. The summed E-state index contributed by atoms with van der Waals surface area (Å²) in [6, 6.07) is 10.4. The first-order valence-electron chi connectivity index (χ1n) is 8.88. The molecule has 1 saturated heterocycles. The summed E-state index contributed by atoms with van der Waals surface area (Å²) in [4.78, 5) is 27.4. The molecule has 4 rings (SSSR count). The van der Waals surface area contributed by atoms with E-state index in [1.165, 1.54) is 6.20 Å². The first-order chi connectivity index (χ1) is 12.7. The van der Waals surface area contributed by atoms with Crippen LogP contribution in [0.25, 0.3) is 11.4 Å². The van der Waals surface area contributed by atoms with Crippen molar-refractivity contribution in [1.29, 1.82) is 0 Å². The third-order valence-corrected chi connectivity index (χ3v) is 4.85. The van der Waals surface area contributed by atoms with Gasteiger partial charge in [0.15, 0.2) is 0 Å². The smallest absolute Gasteiger partial charge is 0.274 e. The topological polar surface area (TPSA) is 63.9 Å². The fourth-order valence-corrected chi connectivity index (χ4v) is 3.63. The Morgan fingerprint density at radius 1 is 1.12 bits per heavy atom. The number of piperidine rings is 1. The Kier molecular flexibility index (Phi) is 4.48. The Hall–Kier alpha value is -3.02. The van der Waals surface area contributed by atoms with E-state index in [4.69, 9.17) is 0 Å². The van der Waals surface area contributed by atoms with Crippen molar-refractivity contribution >= 4 is 5.91 Å². The van der Waals surface area contributed by atoms with Crippen LogP contribution in [-0.2, 0) is 0 Å². The number of aryl methyl sites for hydroxylation is 1. The second-order valence-corrected chi connectivity index (χ2v) is 6.60. The van der Waals surface area contributed by atoms with Crippen LogP contribution in [-0.4, -0.2) is 43.4 Å². The van der Waals surface area contributed by atoms with Gasteiger partial charge in [-0.3, -0.25) is 9.78 Å². The number of aromatic nitrogens is 4. The molecule has 1 unspecified atom stereocenters. The van der Waals surface area contributed by atoms with Gasteiger partial charge in [0.2, 0.25) is 0 Å². The van der Waals surface area contributed by atoms with Gasteiger partial charge in [-0.2, -0.15) is 0 Å². The van der Waals surface area contributed by atoms with Crippen LogP contribution in [0.1, 0.15) is 35.1 Å². The maximum Gasteiger partial charge on any atom is 0.274 e. The van der Waals surface area contributed by atoms with Crippen LogP contribution in [0.4, 0.5) is 0 Å². The fourth-order valence-electron chi connectivity index (χ4n) is 3.63. The SMILES string of the molecule is Cc1cnc(-c2ccccc2)n1C1CCCN(C(=O)c2cnccn2)C1. The molecular formula is C20H21N5O. The summed E-state index contributed by atoms with van der Waals surface area (Å²) in [5.41, 5.74) is 2.61. The molecule has 3 heterocycles. The van der Waals surface area contributed by atoms with Crippen LogP contribution in [0.3, 0.4) is 0 Å². The van der Waals surface area contributed by atoms with Gasteiger partial charge in [-0.05, 0) is 19.8 Å². The van der Waals surface area contributed by atoms with E-state index in [0.29, 0.717) is 12.2 Å². The minimum Gasteiger partial charge on any atom is -0.335 e. The first-order valence-corrected chi connectivity index (χ1v) is 8.88. The number of amides is 1. The van der Waals surface area contributed by atoms with Gasteiger partial charge in [0.05, 0.1) is 12.2 Å². The van der Waals surface area contributed by atoms with Gasteiger partial charge in [0.1, 0.15) is 11.5 Å². The van der Waals surface area contributed by atoms with Crippen LogP contribution in [0.15, 0.2) is 55.1 Å². The average molecular weight is 347 g/mol. The molecule has 0 radical (unpaired) electrons. The van der Waals surface area contributed by atoms with Crippen LogP contribution in [0, 0.1) is 6.92 Å². The number of hydrogen-bond donors (Lipinski definition) is 0. The molecule has 1 aliphatic rings. The summed E-state index contributed by atoms with van der Waals surface area (Å²) < 4.78 is 2.27. The minimum absolute atomic E-state index is 0.0539. The first kappa shape index (κ1) is 16.4. The highest BCUT2D eigenvalue weighted by Gasteiger charge is 2.28. The van der Waals surface area contributed by atoms with Gasteiger partial charge in [-0.15, -0.1) is 0 Å². The summed E-state index contributed by atoms with van der Waals surface area (Å²) in [5, 5.41) is 0. The molecule has 1 amide bonds. The van der Waals surface area contributed by atoms with Crippen molar-refractivity contribution in [1.82, 2.24) is 24.4 Å². The van der Waals surface area contributed by atoms with Crippen LogP contribution in [0.2, 0.25) is 0 Å². The molecule has 2 aromatic heterocycles. The monoisotopic (exact) mass is 347 g/mol. The average Bonchev–Trinajstić information content (AvgIpc) is 3.10. The molecule has 6 nitrogen and oxygen atoms in total. The fraction of sp³-hybridized carbons (Fsp3) is 0.300. The highest BCUT2D eigenvalue weighted by molar-refractivity contribution is 5.92. The lowest BCUT2D eigenvalue weighted by molar-refractivity contribution is 0.0672. The minimum atomic E-state index is -0.0539. The molecule has 1 fully saturated rings. The van der Waals surface area contributed by atoms with Gasteiger partial charge >= 0.3 is 0 Å². The number of benzene rings is 1.